The molecule has 0 spiro atoms. The standard InChI is InChI=1S/C5H4BrN3O2/c6-4-2-1-3-7-5(4)8-9(10)11/h1-3H,(H,7,8). The molecule has 1 rings (SSSR count). The van der Waals surface area contributed by atoms with E-state index in [1.54, 1.807) is 12.1 Å². The van der Waals surface area contributed by atoms with Gasteiger partial charge in [-0.2, -0.15) is 0 Å². The van der Waals surface area contributed by atoms with Crippen molar-refractivity contribution < 1.29 is 5.03 Å². The smallest absolute Gasteiger partial charge is 0.204 e. The third-order valence-corrected chi connectivity index (χ3v) is 1.60. The Bertz CT molecular complexity index is 278. The van der Waals surface area contributed by atoms with Crippen LogP contribution in [0.25, 0.3) is 0 Å². The number of nitro groups is 1. The fourth-order valence-corrected chi connectivity index (χ4v) is 0.898. The van der Waals surface area contributed by atoms with Crippen molar-refractivity contribution in [2.45, 2.75) is 0 Å². The van der Waals surface area contributed by atoms with Crippen molar-refractivity contribution in [1.29, 1.82) is 0 Å². The lowest BCUT2D eigenvalue weighted by Gasteiger charge is -1.96. The topological polar surface area (TPSA) is 68.1 Å². The first-order valence-corrected chi connectivity index (χ1v) is 3.51. The van der Waals surface area contributed by atoms with Gasteiger partial charge in [0.05, 0.1) is 4.47 Å². The van der Waals surface area contributed by atoms with E-state index in [4.69, 9.17) is 0 Å². The Balaban J connectivity index is 2.86. The molecule has 1 heterocycles. The zero-order chi connectivity index (χ0) is 8.27. The second-order valence-corrected chi connectivity index (χ2v) is 2.56. The van der Waals surface area contributed by atoms with Crippen molar-refractivity contribution in [2.24, 2.45) is 0 Å². The molecule has 6 heteroatoms. The summed E-state index contributed by atoms with van der Waals surface area (Å²) in [6, 6.07) is 3.34. The number of hydrogen-bond acceptors (Lipinski definition) is 3. The number of nitrogens with zero attached hydrogens (tertiary/aromatic N) is 2. The van der Waals surface area contributed by atoms with Crippen molar-refractivity contribution in [3.8, 4) is 0 Å². The van der Waals surface area contributed by atoms with E-state index < -0.39 is 5.03 Å². The average molecular weight is 218 g/mol. The van der Waals surface area contributed by atoms with Crippen molar-refractivity contribution in [2.75, 3.05) is 5.43 Å². The Morgan fingerprint density at radius 3 is 3.00 bits per heavy atom. The molecule has 0 saturated heterocycles. The molecule has 0 aliphatic heterocycles. The minimum Gasteiger partial charge on any atom is -0.234 e. The third-order valence-electron chi connectivity index (χ3n) is 0.956. The highest BCUT2D eigenvalue weighted by molar-refractivity contribution is 9.10. The van der Waals surface area contributed by atoms with Crippen molar-refractivity contribution in [3.63, 3.8) is 0 Å². The average Bonchev–Trinajstić information content (AvgIpc) is 1.93. The fraction of sp³-hybridized carbons (Fsp3) is 0. The molecule has 1 aromatic heterocycles. The van der Waals surface area contributed by atoms with Crippen molar-refractivity contribution >= 4 is 21.7 Å². The molecule has 0 atom stereocenters. The summed E-state index contributed by atoms with van der Waals surface area (Å²) in [7, 11) is 0. The van der Waals surface area contributed by atoms with Crippen LogP contribution < -0.4 is 5.43 Å². The second kappa shape index (κ2) is 3.29. The Hall–Kier alpha value is -1.17. The van der Waals surface area contributed by atoms with Crippen LogP contribution in [-0.2, 0) is 0 Å². The van der Waals surface area contributed by atoms with Crippen LogP contribution in [0.4, 0.5) is 5.82 Å². The van der Waals surface area contributed by atoms with Crippen LogP contribution in [0.1, 0.15) is 0 Å². The Kier molecular flexibility index (Phi) is 2.37. The predicted molar refractivity (Wildman–Crippen MR) is 42.6 cm³/mol. The normalized spacial score (nSPS) is 9.18. The summed E-state index contributed by atoms with van der Waals surface area (Å²) in [6.45, 7) is 0. The molecule has 0 aliphatic carbocycles. The van der Waals surface area contributed by atoms with Crippen molar-refractivity contribution in [1.82, 2.24) is 4.98 Å². The lowest BCUT2D eigenvalue weighted by atomic mass is 10.5. The first-order chi connectivity index (χ1) is 5.20. The van der Waals surface area contributed by atoms with Crippen LogP contribution in [0.2, 0.25) is 0 Å². The number of nitrogens with one attached hydrogen (secondary N) is 1. The van der Waals surface area contributed by atoms with Gasteiger partial charge in [0, 0.05) is 6.20 Å². The largest absolute Gasteiger partial charge is 0.234 e. The summed E-state index contributed by atoms with van der Waals surface area (Å²) in [5.41, 5.74) is 1.94. The van der Waals surface area contributed by atoms with E-state index in [-0.39, 0.29) is 5.82 Å². The molecule has 0 unspecified atom stereocenters. The highest BCUT2D eigenvalue weighted by atomic mass is 79.9. The molecular weight excluding hydrogens is 214 g/mol. The number of pyridine rings is 1. The molecule has 0 saturated carbocycles. The second-order valence-electron chi connectivity index (χ2n) is 1.70. The summed E-state index contributed by atoms with van der Waals surface area (Å²) < 4.78 is 0.566. The highest BCUT2D eigenvalue weighted by Gasteiger charge is 2.03. The van der Waals surface area contributed by atoms with Crippen LogP contribution in [0.3, 0.4) is 0 Å². The Morgan fingerprint density at radius 2 is 2.45 bits per heavy atom. The highest BCUT2D eigenvalue weighted by Crippen LogP contribution is 2.17. The number of rotatable bonds is 2. The van der Waals surface area contributed by atoms with E-state index in [0.29, 0.717) is 4.47 Å². The van der Waals surface area contributed by atoms with Crippen LogP contribution in [0.5, 0.6) is 0 Å². The van der Waals surface area contributed by atoms with Gasteiger partial charge >= 0.3 is 0 Å². The van der Waals surface area contributed by atoms with Crippen molar-refractivity contribution in [3.05, 3.63) is 32.9 Å². The summed E-state index contributed by atoms with van der Waals surface area (Å²) in [4.78, 5) is 13.7. The van der Waals surface area contributed by atoms with Gasteiger partial charge < -0.3 is 0 Å². The van der Waals surface area contributed by atoms with Crippen LogP contribution >= 0.6 is 15.9 Å². The fourth-order valence-electron chi connectivity index (χ4n) is 0.554. The van der Waals surface area contributed by atoms with Gasteiger partial charge in [0.15, 0.2) is 5.03 Å². The predicted octanol–water partition coefficient (Wildman–Crippen LogP) is 1.45. The number of hydrazine groups is 1. The molecule has 11 heavy (non-hydrogen) atoms. The molecule has 0 radical (unpaired) electrons. The summed E-state index contributed by atoms with van der Waals surface area (Å²) in [6.07, 6.45) is 1.47. The van der Waals surface area contributed by atoms with E-state index in [2.05, 4.69) is 20.9 Å². The molecule has 58 valence electrons. The van der Waals surface area contributed by atoms with E-state index >= 15 is 0 Å². The first kappa shape index (κ1) is 7.93. The summed E-state index contributed by atoms with van der Waals surface area (Å²) >= 11 is 3.10. The maximum Gasteiger partial charge on any atom is 0.204 e. The maximum atomic E-state index is 9.95. The van der Waals surface area contributed by atoms with E-state index in [9.17, 15) is 10.1 Å². The maximum absolute atomic E-state index is 9.95. The van der Waals surface area contributed by atoms with Gasteiger partial charge in [-0.3, -0.25) is 0 Å². The number of aromatic nitrogens is 1. The first-order valence-electron chi connectivity index (χ1n) is 2.71. The van der Waals surface area contributed by atoms with Gasteiger partial charge in [0.2, 0.25) is 5.82 Å². The van der Waals surface area contributed by atoms with Gasteiger partial charge in [-0.15, -0.1) is 0 Å². The molecule has 0 aromatic carbocycles. The zero-order valence-corrected chi connectivity index (χ0v) is 6.91. The minimum absolute atomic E-state index is 0.206. The monoisotopic (exact) mass is 217 g/mol. The molecule has 0 amide bonds. The SMILES string of the molecule is O=[N+]([O-])Nc1ncccc1Br. The van der Waals surface area contributed by atoms with E-state index in [0.717, 1.165) is 0 Å². The van der Waals surface area contributed by atoms with Crippen LogP contribution in [-0.4, -0.2) is 10.0 Å². The molecule has 0 bridgehead atoms. The lowest BCUT2D eigenvalue weighted by molar-refractivity contribution is -0.445. The summed E-state index contributed by atoms with van der Waals surface area (Å²) in [5, 5.41) is 9.29. The van der Waals surface area contributed by atoms with Gasteiger partial charge in [-0.1, -0.05) is 5.43 Å². The third kappa shape index (κ3) is 2.15. The number of halogens is 1. The van der Waals surface area contributed by atoms with Crippen LogP contribution in [0.15, 0.2) is 22.8 Å². The van der Waals surface area contributed by atoms with Crippen LogP contribution in [0, 0.1) is 10.1 Å². The summed E-state index contributed by atoms with van der Waals surface area (Å²) in [5.74, 6) is 0.206. The molecule has 1 aromatic rings. The van der Waals surface area contributed by atoms with Gasteiger partial charge in [-0.25, -0.2) is 15.1 Å². The lowest BCUT2D eigenvalue weighted by Crippen LogP contribution is -2.09. The quantitative estimate of drug-likeness (QED) is 0.602. The van der Waals surface area contributed by atoms with Gasteiger partial charge in [0.1, 0.15) is 0 Å². The zero-order valence-electron chi connectivity index (χ0n) is 5.32. The van der Waals surface area contributed by atoms with Gasteiger partial charge in [0.25, 0.3) is 0 Å². The number of anilines is 1. The Labute approximate surface area is 70.7 Å². The minimum atomic E-state index is -0.660. The van der Waals surface area contributed by atoms with E-state index in [1.807, 2.05) is 5.43 Å². The van der Waals surface area contributed by atoms with E-state index in [1.165, 1.54) is 6.20 Å². The van der Waals surface area contributed by atoms with Gasteiger partial charge in [-0.05, 0) is 28.1 Å². The molecule has 0 aliphatic rings. The molecule has 5 nitrogen and oxygen atoms in total. The molecule has 0 fully saturated rings. The Morgan fingerprint density at radius 1 is 1.73 bits per heavy atom. The number of hydrogen-bond donors (Lipinski definition) is 1. The molecular formula is C5H4BrN3O2. The molecule has 1 N–H and O–H groups in total.